The summed E-state index contributed by atoms with van der Waals surface area (Å²) in [4.78, 5) is 4.78. The second-order valence-electron chi connectivity index (χ2n) is 15.9. The molecule has 0 radical (unpaired) electrons. The van der Waals surface area contributed by atoms with Gasteiger partial charge in [0.25, 0.3) is 0 Å². The number of benzene rings is 9. The van der Waals surface area contributed by atoms with Crippen molar-refractivity contribution in [2.24, 2.45) is 0 Å². The average molecular weight is 787 g/mol. The highest BCUT2D eigenvalue weighted by Gasteiger charge is 2.24. The van der Waals surface area contributed by atoms with Gasteiger partial charge in [0, 0.05) is 40.0 Å². The number of nitrogens with zero attached hydrogens (tertiary/aromatic N) is 2. The van der Waals surface area contributed by atoms with Crippen molar-refractivity contribution in [1.82, 2.24) is 0 Å². The van der Waals surface area contributed by atoms with Crippen LogP contribution in [0.2, 0.25) is 0 Å². The Balaban J connectivity index is 1.22. The minimum absolute atomic E-state index is 0.0179. The molecule has 0 fully saturated rings. The van der Waals surface area contributed by atoms with E-state index in [0.29, 0.717) is 0 Å². The molecule has 0 bridgehead atoms. The van der Waals surface area contributed by atoms with Crippen molar-refractivity contribution in [1.29, 1.82) is 0 Å². The van der Waals surface area contributed by atoms with E-state index < -0.39 is 0 Å². The predicted molar refractivity (Wildman–Crippen MR) is 259 cm³/mol. The number of rotatable bonds is 11. The van der Waals surface area contributed by atoms with Gasteiger partial charge in [-0.1, -0.05) is 176 Å². The van der Waals surface area contributed by atoms with Gasteiger partial charge in [0.2, 0.25) is 0 Å². The number of aryl methyl sites for hydroxylation is 4. The van der Waals surface area contributed by atoms with E-state index in [2.05, 4.69) is 262 Å². The van der Waals surface area contributed by atoms with Crippen molar-refractivity contribution < 1.29 is 0 Å². The van der Waals surface area contributed by atoms with Gasteiger partial charge in [-0.15, -0.1) is 0 Å². The predicted octanol–water partition coefficient (Wildman–Crippen LogP) is 16.4. The Morgan fingerprint density at radius 1 is 0.295 bits per heavy atom. The van der Waals surface area contributed by atoms with E-state index in [0.717, 1.165) is 11.4 Å². The van der Waals surface area contributed by atoms with Gasteiger partial charge in [-0.25, -0.2) is 0 Å². The summed E-state index contributed by atoms with van der Waals surface area (Å²) >= 11 is 0. The molecule has 2 heteroatoms. The van der Waals surface area contributed by atoms with Gasteiger partial charge in [0.1, 0.15) is 0 Å². The zero-order valence-corrected chi connectivity index (χ0v) is 35.3. The first-order chi connectivity index (χ1) is 30.0. The first-order valence-electron chi connectivity index (χ1n) is 21.2. The van der Waals surface area contributed by atoms with Gasteiger partial charge in [-0.05, 0) is 137 Å². The van der Waals surface area contributed by atoms with Crippen molar-refractivity contribution in [2.75, 3.05) is 9.80 Å². The summed E-state index contributed by atoms with van der Waals surface area (Å²) in [7, 11) is 0. The molecule has 0 amide bonds. The van der Waals surface area contributed by atoms with Gasteiger partial charge in [0.15, 0.2) is 0 Å². The Morgan fingerprint density at radius 3 is 1.02 bits per heavy atom. The molecule has 0 aliphatic heterocycles. The Bertz CT molecular complexity index is 2770. The van der Waals surface area contributed by atoms with Gasteiger partial charge >= 0.3 is 0 Å². The van der Waals surface area contributed by atoms with Crippen LogP contribution in [-0.4, -0.2) is 0 Å². The third-order valence-corrected chi connectivity index (χ3v) is 11.9. The molecule has 0 spiro atoms. The lowest BCUT2D eigenvalue weighted by molar-refractivity contribution is 0.980. The molecular weight excluding hydrogens is 737 g/mol. The minimum atomic E-state index is 0.0179. The van der Waals surface area contributed by atoms with Crippen LogP contribution in [0.1, 0.15) is 44.9 Å². The molecule has 0 heterocycles. The van der Waals surface area contributed by atoms with Crippen LogP contribution in [0.5, 0.6) is 0 Å². The Kier molecular flexibility index (Phi) is 11.2. The molecule has 0 aliphatic rings. The molecule has 0 saturated heterocycles. The van der Waals surface area contributed by atoms with Crippen molar-refractivity contribution in [3.05, 3.63) is 263 Å². The summed E-state index contributed by atoms with van der Waals surface area (Å²) in [6.45, 7) is 8.76. The van der Waals surface area contributed by atoms with Crippen LogP contribution < -0.4 is 9.80 Å². The lowest BCUT2D eigenvalue weighted by Crippen LogP contribution is -2.12. The monoisotopic (exact) mass is 786 g/mol. The fourth-order valence-electron chi connectivity index (χ4n) is 8.86. The third-order valence-electron chi connectivity index (χ3n) is 11.9. The molecule has 0 saturated carbocycles. The van der Waals surface area contributed by atoms with E-state index in [1.807, 2.05) is 0 Å². The molecule has 9 aromatic carbocycles. The zero-order chi connectivity index (χ0) is 41.7. The van der Waals surface area contributed by atoms with Crippen LogP contribution in [0.4, 0.5) is 34.1 Å². The maximum atomic E-state index is 2.39. The van der Waals surface area contributed by atoms with E-state index in [1.54, 1.807) is 0 Å². The van der Waals surface area contributed by atoms with Crippen molar-refractivity contribution in [3.63, 3.8) is 0 Å². The second-order valence-corrected chi connectivity index (χ2v) is 15.9. The van der Waals surface area contributed by atoms with E-state index in [9.17, 15) is 0 Å². The van der Waals surface area contributed by atoms with E-state index in [-0.39, 0.29) is 5.92 Å². The van der Waals surface area contributed by atoms with Gasteiger partial charge in [0.05, 0.1) is 0 Å². The minimum Gasteiger partial charge on any atom is -0.310 e. The SMILES string of the molecule is Cc1ccccc1N(c1ccc(-c2cccc(C(c3ccccc3)c3ccccc3)c2-c2ccc(N(c3ccccc3C)c3ccccc3C)cc2)cc1)c1ccccc1C. The van der Waals surface area contributed by atoms with Gasteiger partial charge in [-0.3, -0.25) is 0 Å². The summed E-state index contributed by atoms with van der Waals surface area (Å²) < 4.78 is 0. The standard InChI is InChI=1S/C59H50N2/c1-42-20-11-15-30-54(42)60(55-31-16-12-21-43(55)2)50-38-34-46(35-39-50)52-28-19-29-53(58(47-24-7-5-8-25-47)48-26-9-6-10-27-48)59(52)49-36-40-51(41-37-49)61(56-32-17-13-22-44(56)3)57-33-18-14-23-45(57)4/h5-41,58H,1-4H3. The molecule has 0 N–H and O–H groups in total. The van der Waals surface area contributed by atoms with Crippen LogP contribution in [-0.2, 0) is 0 Å². The topological polar surface area (TPSA) is 6.48 Å². The summed E-state index contributed by atoms with van der Waals surface area (Å²) in [6, 6.07) is 81.7. The highest BCUT2D eigenvalue weighted by molar-refractivity contribution is 5.90. The molecule has 9 aromatic rings. The molecule has 0 aromatic heterocycles. The molecule has 296 valence electrons. The fraction of sp³-hybridized carbons (Fsp3) is 0.0847. The normalized spacial score (nSPS) is 11.1. The third kappa shape index (κ3) is 7.89. The average Bonchev–Trinajstić information content (AvgIpc) is 3.30. The van der Waals surface area contributed by atoms with Crippen LogP contribution in [0.3, 0.4) is 0 Å². The maximum absolute atomic E-state index is 2.39. The van der Waals surface area contributed by atoms with Crippen LogP contribution >= 0.6 is 0 Å². The number of hydrogen-bond acceptors (Lipinski definition) is 2. The molecule has 0 atom stereocenters. The first-order valence-corrected chi connectivity index (χ1v) is 21.2. The molecule has 9 rings (SSSR count). The summed E-state index contributed by atoms with van der Waals surface area (Å²) in [5, 5.41) is 0. The van der Waals surface area contributed by atoms with E-state index >= 15 is 0 Å². The second kappa shape index (κ2) is 17.4. The lowest BCUT2D eigenvalue weighted by atomic mass is 9.79. The molecule has 0 aliphatic carbocycles. The van der Waals surface area contributed by atoms with Gasteiger partial charge < -0.3 is 9.80 Å². The summed E-state index contributed by atoms with van der Waals surface area (Å²) in [5.74, 6) is 0.0179. The highest BCUT2D eigenvalue weighted by Crippen LogP contribution is 2.46. The zero-order valence-electron chi connectivity index (χ0n) is 35.3. The Labute approximate surface area is 361 Å². The van der Waals surface area contributed by atoms with Crippen LogP contribution in [0, 0.1) is 27.7 Å². The molecule has 2 nitrogen and oxygen atoms in total. The molecular formula is C59H50N2. The lowest BCUT2D eigenvalue weighted by Gasteiger charge is -2.29. The fourth-order valence-corrected chi connectivity index (χ4v) is 8.86. The van der Waals surface area contributed by atoms with Crippen molar-refractivity contribution >= 4 is 34.1 Å². The Hall–Kier alpha value is -7.42. The summed E-state index contributed by atoms with van der Waals surface area (Å²) in [5.41, 5.74) is 20.4. The highest BCUT2D eigenvalue weighted by atomic mass is 15.2. The number of anilines is 6. The van der Waals surface area contributed by atoms with E-state index in [1.165, 1.54) is 83.9 Å². The smallest absolute Gasteiger partial charge is 0.0490 e. The number of hydrogen-bond donors (Lipinski definition) is 0. The number of para-hydroxylation sites is 4. The Morgan fingerprint density at radius 2 is 0.639 bits per heavy atom. The van der Waals surface area contributed by atoms with Crippen LogP contribution in [0.15, 0.2) is 224 Å². The largest absolute Gasteiger partial charge is 0.310 e. The maximum Gasteiger partial charge on any atom is 0.0490 e. The van der Waals surface area contributed by atoms with Crippen molar-refractivity contribution in [3.8, 4) is 22.3 Å². The molecule has 61 heavy (non-hydrogen) atoms. The first kappa shape index (κ1) is 39.1. The van der Waals surface area contributed by atoms with Gasteiger partial charge in [-0.2, -0.15) is 0 Å². The van der Waals surface area contributed by atoms with Crippen molar-refractivity contribution in [2.45, 2.75) is 33.6 Å². The quantitative estimate of drug-likeness (QED) is 0.121. The molecule has 0 unspecified atom stereocenters. The van der Waals surface area contributed by atoms with E-state index in [4.69, 9.17) is 0 Å². The summed E-state index contributed by atoms with van der Waals surface area (Å²) in [6.07, 6.45) is 0. The van der Waals surface area contributed by atoms with Crippen LogP contribution in [0.25, 0.3) is 22.3 Å².